The van der Waals surface area contributed by atoms with Gasteiger partial charge in [0.25, 0.3) is 0 Å². The molecule has 0 radical (unpaired) electrons. The van der Waals surface area contributed by atoms with Crippen molar-refractivity contribution in [1.29, 1.82) is 0 Å². The smallest absolute Gasteiger partial charge is 0.353 e. The van der Waals surface area contributed by atoms with Crippen LogP contribution in [0.3, 0.4) is 0 Å². The van der Waals surface area contributed by atoms with E-state index in [0.29, 0.717) is 32.0 Å². The minimum absolute atomic E-state index is 0.141. The standard InChI is InChI=1S/C22H23FN6O2/c1-2-16-3-7-18(8-4-16)26-21-20(29(30)31)22(25-15-24-21)28-13-11-27(12-14-28)19-9-5-17(23)6-10-19/h3-10,15H,2,11-14H2,1H3,(H,24,25,26). The molecule has 31 heavy (non-hydrogen) atoms. The number of halogens is 1. The molecule has 0 saturated carbocycles. The Hall–Kier alpha value is -3.75. The second kappa shape index (κ2) is 8.95. The van der Waals surface area contributed by atoms with E-state index in [2.05, 4.69) is 27.1 Å². The highest BCUT2D eigenvalue weighted by molar-refractivity contribution is 5.74. The van der Waals surface area contributed by atoms with Crippen molar-refractivity contribution in [2.24, 2.45) is 0 Å². The molecule has 8 nitrogen and oxygen atoms in total. The number of aryl methyl sites for hydroxylation is 1. The molecular weight excluding hydrogens is 399 g/mol. The first-order valence-corrected chi connectivity index (χ1v) is 10.2. The van der Waals surface area contributed by atoms with Crippen molar-refractivity contribution in [1.82, 2.24) is 9.97 Å². The van der Waals surface area contributed by atoms with Gasteiger partial charge in [-0.15, -0.1) is 0 Å². The summed E-state index contributed by atoms with van der Waals surface area (Å²) in [6.45, 7) is 4.47. The van der Waals surface area contributed by atoms with Crippen LogP contribution < -0.4 is 15.1 Å². The first-order valence-electron chi connectivity index (χ1n) is 10.2. The summed E-state index contributed by atoms with van der Waals surface area (Å²) in [7, 11) is 0. The minimum Gasteiger partial charge on any atom is -0.368 e. The summed E-state index contributed by atoms with van der Waals surface area (Å²) >= 11 is 0. The van der Waals surface area contributed by atoms with Gasteiger partial charge in [-0.05, 0) is 48.4 Å². The normalized spacial score (nSPS) is 13.9. The quantitative estimate of drug-likeness (QED) is 0.471. The highest BCUT2D eigenvalue weighted by atomic mass is 19.1. The molecule has 4 rings (SSSR count). The zero-order valence-corrected chi connectivity index (χ0v) is 17.2. The maximum absolute atomic E-state index is 13.2. The van der Waals surface area contributed by atoms with Gasteiger partial charge in [0.1, 0.15) is 12.1 Å². The van der Waals surface area contributed by atoms with Gasteiger partial charge in [0.2, 0.25) is 11.6 Å². The van der Waals surface area contributed by atoms with Crippen LogP contribution in [0.5, 0.6) is 0 Å². The summed E-state index contributed by atoms with van der Waals surface area (Å²) < 4.78 is 13.2. The number of hydrogen-bond donors (Lipinski definition) is 1. The Labute approximate surface area is 179 Å². The molecule has 3 aromatic rings. The van der Waals surface area contributed by atoms with E-state index >= 15 is 0 Å². The second-order valence-corrected chi connectivity index (χ2v) is 7.28. The van der Waals surface area contributed by atoms with Gasteiger partial charge in [-0.3, -0.25) is 10.1 Å². The molecule has 9 heteroatoms. The number of piperazine rings is 1. The van der Waals surface area contributed by atoms with Crippen LogP contribution in [-0.4, -0.2) is 41.1 Å². The molecule has 1 saturated heterocycles. The summed E-state index contributed by atoms with van der Waals surface area (Å²) in [5.74, 6) is 0.190. The topological polar surface area (TPSA) is 87.4 Å². The third kappa shape index (κ3) is 4.55. The molecular formula is C22H23FN6O2. The molecule has 0 bridgehead atoms. The van der Waals surface area contributed by atoms with Gasteiger partial charge < -0.3 is 15.1 Å². The fourth-order valence-electron chi connectivity index (χ4n) is 3.65. The lowest BCUT2D eigenvalue weighted by Gasteiger charge is -2.36. The Balaban J connectivity index is 1.53. The summed E-state index contributed by atoms with van der Waals surface area (Å²) in [6.07, 6.45) is 2.26. The number of nitro groups is 1. The van der Waals surface area contributed by atoms with Crippen LogP contribution in [-0.2, 0) is 6.42 Å². The fourth-order valence-corrected chi connectivity index (χ4v) is 3.65. The van der Waals surface area contributed by atoms with Crippen molar-refractivity contribution in [3.05, 3.63) is 76.4 Å². The van der Waals surface area contributed by atoms with E-state index in [9.17, 15) is 14.5 Å². The van der Waals surface area contributed by atoms with Crippen LogP contribution in [0.1, 0.15) is 12.5 Å². The first kappa shape index (κ1) is 20.5. The molecule has 0 spiro atoms. The molecule has 0 amide bonds. The van der Waals surface area contributed by atoms with Gasteiger partial charge in [0, 0.05) is 37.6 Å². The molecule has 160 valence electrons. The van der Waals surface area contributed by atoms with E-state index < -0.39 is 4.92 Å². The molecule has 1 aliphatic heterocycles. The minimum atomic E-state index is -0.440. The maximum atomic E-state index is 13.2. The molecule has 1 aromatic heterocycles. The van der Waals surface area contributed by atoms with E-state index in [1.807, 2.05) is 29.2 Å². The van der Waals surface area contributed by atoms with Crippen LogP contribution in [0.25, 0.3) is 0 Å². The van der Waals surface area contributed by atoms with Crippen molar-refractivity contribution >= 4 is 28.7 Å². The average Bonchev–Trinajstić information content (AvgIpc) is 2.80. The number of anilines is 4. The van der Waals surface area contributed by atoms with Crippen molar-refractivity contribution < 1.29 is 9.31 Å². The first-order chi connectivity index (χ1) is 15.0. The number of rotatable bonds is 6. The average molecular weight is 422 g/mol. The molecule has 1 fully saturated rings. The van der Waals surface area contributed by atoms with E-state index in [1.54, 1.807) is 12.1 Å². The SMILES string of the molecule is CCc1ccc(Nc2ncnc(N3CCN(c4ccc(F)cc4)CC3)c2[N+](=O)[O-])cc1. The van der Waals surface area contributed by atoms with Crippen LogP contribution >= 0.6 is 0 Å². The van der Waals surface area contributed by atoms with Crippen molar-refractivity contribution in [2.75, 3.05) is 41.3 Å². The number of nitrogens with one attached hydrogen (secondary N) is 1. The van der Waals surface area contributed by atoms with Gasteiger partial charge in [0.05, 0.1) is 4.92 Å². The van der Waals surface area contributed by atoms with E-state index in [0.717, 1.165) is 17.8 Å². The van der Waals surface area contributed by atoms with Crippen molar-refractivity contribution in [3.8, 4) is 0 Å². The number of aromatic nitrogens is 2. The molecule has 0 atom stereocenters. The zero-order valence-electron chi connectivity index (χ0n) is 17.2. The predicted octanol–water partition coefficient (Wildman–Crippen LogP) is 4.16. The molecule has 2 heterocycles. The molecule has 0 aliphatic carbocycles. The van der Waals surface area contributed by atoms with Gasteiger partial charge in [-0.25, -0.2) is 14.4 Å². The monoisotopic (exact) mass is 422 g/mol. The number of hydrogen-bond acceptors (Lipinski definition) is 7. The molecule has 1 aliphatic rings. The Morgan fingerprint density at radius 3 is 2.26 bits per heavy atom. The van der Waals surface area contributed by atoms with Crippen LogP contribution in [0.4, 0.5) is 33.1 Å². The van der Waals surface area contributed by atoms with Crippen molar-refractivity contribution in [3.63, 3.8) is 0 Å². The molecule has 0 unspecified atom stereocenters. The Bertz CT molecular complexity index is 1050. The number of nitrogens with zero attached hydrogens (tertiary/aromatic N) is 5. The van der Waals surface area contributed by atoms with E-state index in [1.165, 1.54) is 24.0 Å². The van der Waals surface area contributed by atoms with E-state index in [-0.39, 0.29) is 17.3 Å². The Morgan fingerprint density at radius 1 is 1.00 bits per heavy atom. The number of benzene rings is 2. The van der Waals surface area contributed by atoms with Crippen LogP contribution in [0.15, 0.2) is 54.9 Å². The Morgan fingerprint density at radius 2 is 1.65 bits per heavy atom. The van der Waals surface area contributed by atoms with Gasteiger partial charge in [-0.1, -0.05) is 19.1 Å². The molecule has 2 aromatic carbocycles. The highest BCUT2D eigenvalue weighted by Crippen LogP contribution is 2.34. The zero-order chi connectivity index (χ0) is 21.8. The largest absolute Gasteiger partial charge is 0.368 e. The summed E-state index contributed by atoms with van der Waals surface area (Å²) in [6, 6.07) is 14.1. The predicted molar refractivity (Wildman–Crippen MR) is 119 cm³/mol. The lowest BCUT2D eigenvalue weighted by Crippen LogP contribution is -2.47. The maximum Gasteiger partial charge on any atom is 0.353 e. The Kier molecular flexibility index (Phi) is 5.92. The van der Waals surface area contributed by atoms with Gasteiger partial charge in [-0.2, -0.15) is 0 Å². The fraction of sp³-hybridized carbons (Fsp3) is 0.273. The second-order valence-electron chi connectivity index (χ2n) is 7.28. The van der Waals surface area contributed by atoms with Crippen LogP contribution in [0, 0.1) is 15.9 Å². The van der Waals surface area contributed by atoms with Crippen LogP contribution in [0.2, 0.25) is 0 Å². The third-order valence-corrected chi connectivity index (χ3v) is 5.38. The summed E-state index contributed by atoms with van der Waals surface area (Å²) in [5, 5.41) is 15.0. The summed E-state index contributed by atoms with van der Waals surface area (Å²) in [4.78, 5) is 23.8. The van der Waals surface area contributed by atoms with Crippen molar-refractivity contribution in [2.45, 2.75) is 13.3 Å². The third-order valence-electron chi connectivity index (χ3n) is 5.38. The molecule has 1 N–H and O–H groups in total. The van der Waals surface area contributed by atoms with Gasteiger partial charge in [0.15, 0.2) is 0 Å². The highest BCUT2D eigenvalue weighted by Gasteiger charge is 2.29. The van der Waals surface area contributed by atoms with Gasteiger partial charge >= 0.3 is 5.69 Å². The lowest BCUT2D eigenvalue weighted by molar-refractivity contribution is -0.383. The lowest BCUT2D eigenvalue weighted by atomic mass is 10.1. The summed E-state index contributed by atoms with van der Waals surface area (Å²) in [5.41, 5.74) is 2.70. The van der Waals surface area contributed by atoms with E-state index in [4.69, 9.17) is 0 Å².